The fourth-order valence-corrected chi connectivity index (χ4v) is 1.58. The van der Waals surface area contributed by atoms with Crippen molar-refractivity contribution in [2.75, 3.05) is 6.61 Å². The Morgan fingerprint density at radius 2 is 2.36 bits per heavy atom. The van der Waals surface area contributed by atoms with Crippen LogP contribution in [0.4, 0.5) is 0 Å². The van der Waals surface area contributed by atoms with Gasteiger partial charge in [0.1, 0.15) is 5.75 Å². The summed E-state index contributed by atoms with van der Waals surface area (Å²) in [6.45, 7) is 0.425. The van der Waals surface area contributed by atoms with Crippen molar-refractivity contribution in [3.05, 3.63) is 29.3 Å². The molecule has 0 bridgehead atoms. The maximum Gasteiger partial charge on any atom is 0.170 e. The maximum atomic E-state index is 11.5. The van der Waals surface area contributed by atoms with Gasteiger partial charge in [-0.25, -0.2) is 0 Å². The van der Waals surface area contributed by atoms with Crippen LogP contribution >= 0.6 is 0 Å². The van der Waals surface area contributed by atoms with E-state index < -0.39 is 0 Å². The zero-order valence-electron chi connectivity index (χ0n) is 7.62. The van der Waals surface area contributed by atoms with Crippen molar-refractivity contribution in [3.8, 4) is 11.8 Å². The SMILES string of the molecule is N#CCc1cccc2c1OCCC2=O. The van der Waals surface area contributed by atoms with Gasteiger partial charge in [-0.05, 0) is 6.07 Å². The van der Waals surface area contributed by atoms with Gasteiger partial charge in [0.05, 0.1) is 24.7 Å². The molecule has 2 rings (SSSR count). The Labute approximate surface area is 81.9 Å². The molecule has 0 amide bonds. The maximum absolute atomic E-state index is 11.5. The molecular weight excluding hydrogens is 178 g/mol. The molecule has 0 atom stereocenters. The van der Waals surface area contributed by atoms with E-state index >= 15 is 0 Å². The third-order valence-electron chi connectivity index (χ3n) is 2.24. The number of para-hydroxylation sites is 1. The molecule has 0 saturated heterocycles. The molecule has 3 nitrogen and oxygen atoms in total. The van der Waals surface area contributed by atoms with Crippen molar-refractivity contribution in [1.82, 2.24) is 0 Å². The monoisotopic (exact) mass is 187 g/mol. The number of nitriles is 1. The Hall–Kier alpha value is -1.82. The van der Waals surface area contributed by atoms with Gasteiger partial charge < -0.3 is 4.74 Å². The highest BCUT2D eigenvalue weighted by Gasteiger charge is 2.20. The lowest BCUT2D eigenvalue weighted by Crippen LogP contribution is -2.16. The minimum atomic E-state index is 0.103. The molecule has 1 aromatic carbocycles. The van der Waals surface area contributed by atoms with Gasteiger partial charge >= 0.3 is 0 Å². The lowest BCUT2D eigenvalue weighted by Gasteiger charge is -2.18. The van der Waals surface area contributed by atoms with E-state index in [0.717, 1.165) is 5.56 Å². The average Bonchev–Trinajstić information content (AvgIpc) is 2.20. The number of rotatable bonds is 1. The highest BCUT2D eigenvalue weighted by Crippen LogP contribution is 2.28. The van der Waals surface area contributed by atoms with Crippen molar-refractivity contribution in [2.45, 2.75) is 12.8 Å². The first kappa shape index (κ1) is 8.76. The zero-order valence-corrected chi connectivity index (χ0v) is 7.62. The van der Waals surface area contributed by atoms with E-state index in [4.69, 9.17) is 10.00 Å². The molecule has 1 aliphatic rings. The number of nitrogens with zero attached hydrogens (tertiary/aromatic N) is 1. The molecule has 70 valence electrons. The first-order chi connectivity index (χ1) is 6.83. The summed E-state index contributed by atoms with van der Waals surface area (Å²) in [6.07, 6.45) is 0.722. The predicted octanol–water partition coefficient (Wildman–Crippen LogP) is 1.72. The van der Waals surface area contributed by atoms with Gasteiger partial charge in [-0.1, -0.05) is 12.1 Å². The van der Waals surface area contributed by atoms with E-state index in [0.29, 0.717) is 24.3 Å². The first-order valence-corrected chi connectivity index (χ1v) is 4.48. The highest BCUT2D eigenvalue weighted by atomic mass is 16.5. The second kappa shape index (κ2) is 3.51. The average molecular weight is 187 g/mol. The van der Waals surface area contributed by atoms with Crippen LogP contribution in [0.5, 0.6) is 5.75 Å². The molecule has 1 aliphatic heterocycles. The molecule has 0 aromatic heterocycles. The van der Waals surface area contributed by atoms with Gasteiger partial charge in [-0.15, -0.1) is 0 Å². The van der Waals surface area contributed by atoms with E-state index in [1.165, 1.54) is 0 Å². The summed E-state index contributed by atoms with van der Waals surface area (Å²) in [4.78, 5) is 11.5. The molecule has 14 heavy (non-hydrogen) atoms. The summed E-state index contributed by atoms with van der Waals surface area (Å²) in [7, 11) is 0. The van der Waals surface area contributed by atoms with E-state index in [1.54, 1.807) is 12.1 Å². The smallest absolute Gasteiger partial charge is 0.170 e. The van der Waals surface area contributed by atoms with Gasteiger partial charge in [-0.3, -0.25) is 4.79 Å². The van der Waals surface area contributed by atoms with Gasteiger partial charge in [0.15, 0.2) is 5.78 Å². The molecule has 0 fully saturated rings. The van der Waals surface area contributed by atoms with Crippen molar-refractivity contribution in [3.63, 3.8) is 0 Å². The minimum absolute atomic E-state index is 0.103. The largest absolute Gasteiger partial charge is 0.492 e. The van der Waals surface area contributed by atoms with Crippen molar-refractivity contribution < 1.29 is 9.53 Å². The van der Waals surface area contributed by atoms with Crippen LogP contribution in [-0.4, -0.2) is 12.4 Å². The van der Waals surface area contributed by atoms with Crippen LogP contribution in [0.25, 0.3) is 0 Å². The fraction of sp³-hybridized carbons (Fsp3) is 0.273. The van der Waals surface area contributed by atoms with Crippen LogP contribution in [0.2, 0.25) is 0 Å². The number of carbonyl (C=O) groups excluding carboxylic acids is 1. The molecule has 0 unspecified atom stereocenters. The van der Waals surface area contributed by atoms with Gasteiger partial charge in [0.25, 0.3) is 0 Å². The van der Waals surface area contributed by atoms with E-state index in [-0.39, 0.29) is 12.2 Å². The number of ketones is 1. The first-order valence-electron chi connectivity index (χ1n) is 4.48. The molecule has 0 saturated carbocycles. The summed E-state index contributed by atoms with van der Waals surface area (Å²) in [5, 5.41) is 8.60. The second-order valence-corrected chi connectivity index (χ2v) is 3.15. The fourth-order valence-electron chi connectivity index (χ4n) is 1.58. The zero-order chi connectivity index (χ0) is 9.97. The summed E-state index contributed by atoms with van der Waals surface area (Å²) < 4.78 is 5.41. The quantitative estimate of drug-likeness (QED) is 0.672. The Bertz CT molecular complexity index is 418. The number of fused-ring (bicyclic) bond motifs is 1. The van der Waals surface area contributed by atoms with E-state index in [1.807, 2.05) is 6.07 Å². The van der Waals surface area contributed by atoms with Crippen molar-refractivity contribution in [1.29, 1.82) is 5.26 Å². The molecule has 0 spiro atoms. The Balaban J connectivity index is 2.50. The lowest BCUT2D eigenvalue weighted by atomic mass is 10.00. The molecular formula is C11H9NO2. The summed E-state index contributed by atoms with van der Waals surface area (Å²) in [5.41, 5.74) is 1.42. The predicted molar refractivity (Wildman–Crippen MR) is 50.2 cm³/mol. The molecule has 3 heteroatoms. The van der Waals surface area contributed by atoms with Crippen LogP contribution in [0, 0.1) is 11.3 Å². The lowest BCUT2D eigenvalue weighted by molar-refractivity contribution is 0.0932. The van der Waals surface area contributed by atoms with Crippen molar-refractivity contribution in [2.24, 2.45) is 0 Å². The minimum Gasteiger partial charge on any atom is -0.492 e. The summed E-state index contributed by atoms with van der Waals surface area (Å²) >= 11 is 0. The van der Waals surface area contributed by atoms with Crippen LogP contribution in [-0.2, 0) is 6.42 Å². The standard InChI is InChI=1S/C11H9NO2/c12-6-4-8-2-1-3-9-10(13)5-7-14-11(8)9/h1-3H,4-5,7H2. The highest BCUT2D eigenvalue weighted by molar-refractivity contribution is 6.00. The number of hydrogen-bond donors (Lipinski definition) is 0. The third-order valence-corrected chi connectivity index (χ3v) is 2.24. The van der Waals surface area contributed by atoms with E-state index in [9.17, 15) is 4.79 Å². The molecule has 0 aliphatic carbocycles. The molecule has 0 N–H and O–H groups in total. The normalized spacial score (nSPS) is 14.1. The summed E-state index contributed by atoms with van der Waals surface area (Å²) in [6, 6.07) is 7.42. The second-order valence-electron chi connectivity index (χ2n) is 3.15. The van der Waals surface area contributed by atoms with Gasteiger partial charge in [0.2, 0.25) is 0 Å². The van der Waals surface area contributed by atoms with Crippen molar-refractivity contribution >= 4 is 5.78 Å². The number of carbonyl (C=O) groups is 1. The topological polar surface area (TPSA) is 50.1 Å². The van der Waals surface area contributed by atoms with Crippen LogP contribution in [0.1, 0.15) is 22.3 Å². The Kier molecular flexibility index (Phi) is 2.19. The van der Waals surface area contributed by atoms with Crippen LogP contribution < -0.4 is 4.74 Å². The summed E-state index contributed by atoms with van der Waals surface area (Å²) in [5.74, 6) is 0.705. The Morgan fingerprint density at radius 3 is 3.14 bits per heavy atom. The Morgan fingerprint density at radius 1 is 1.50 bits per heavy atom. The molecule has 1 aromatic rings. The van der Waals surface area contributed by atoms with Gasteiger partial charge in [0, 0.05) is 12.0 Å². The number of hydrogen-bond acceptors (Lipinski definition) is 3. The third kappa shape index (κ3) is 1.35. The van der Waals surface area contributed by atoms with Gasteiger partial charge in [-0.2, -0.15) is 5.26 Å². The van der Waals surface area contributed by atoms with Crippen LogP contribution in [0.3, 0.4) is 0 Å². The van der Waals surface area contributed by atoms with E-state index in [2.05, 4.69) is 6.07 Å². The molecule has 1 heterocycles. The number of benzene rings is 1. The number of Topliss-reactive ketones (excluding diaryl/α,β-unsaturated/α-hetero) is 1. The van der Waals surface area contributed by atoms with Crippen LogP contribution in [0.15, 0.2) is 18.2 Å². The number of ether oxygens (including phenoxy) is 1. The molecule has 0 radical (unpaired) electrons.